The third kappa shape index (κ3) is 5.34. The van der Waals surface area contributed by atoms with Crippen LogP contribution in [0, 0.1) is 0 Å². The zero-order chi connectivity index (χ0) is 20.0. The van der Waals surface area contributed by atoms with Gasteiger partial charge in [-0.2, -0.15) is 0 Å². The molecule has 1 amide bonds. The number of sulfonamides is 1. The van der Waals surface area contributed by atoms with Gasteiger partial charge in [-0.25, -0.2) is 8.42 Å². The van der Waals surface area contributed by atoms with Crippen LogP contribution in [0.1, 0.15) is 11.1 Å². The van der Waals surface area contributed by atoms with Gasteiger partial charge in [0.05, 0.1) is 13.5 Å². The van der Waals surface area contributed by atoms with Crippen LogP contribution in [0.2, 0.25) is 0 Å². The van der Waals surface area contributed by atoms with Crippen LogP contribution in [-0.4, -0.2) is 21.4 Å². The first-order valence-corrected chi connectivity index (χ1v) is 10.9. The highest BCUT2D eigenvalue weighted by Gasteiger charge is 2.15. The fourth-order valence-corrected chi connectivity index (χ4v) is 4.56. The number of benzene rings is 2. The van der Waals surface area contributed by atoms with Gasteiger partial charge in [-0.05, 0) is 46.8 Å². The molecule has 0 atom stereocenters. The highest BCUT2D eigenvalue weighted by Crippen LogP contribution is 2.20. The molecule has 0 saturated heterocycles. The number of carbonyl (C=O) groups excluding carboxylic acids is 1. The Balaban J connectivity index is 1.52. The molecule has 1 heterocycles. The third-order valence-corrected chi connectivity index (χ3v) is 6.76. The summed E-state index contributed by atoms with van der Waals surface area (Å²) in [5, 5.41) is 4.58. The number of ether oxygens (including phenoxy) is 1. The number of nitrogens with one attached hydrogen (secondary N) is 2. The summed E-state index contributed by atoms with van der Waals surface area (Å²) in [4.78, 5) is 12.1. The first kappa shape index (κ1) is 19.9. The molecule has 6 nitrogen and oxygen atoms in total. The van der Waals surface area contributed by atoms with Crippen molar-refractivity contribution in [2.75, 3.05) is 11.8 Å². The number of carbonyl (C=O) groups is 1. The van der Waals surface area contributed by atoms with Crippen molar-refractivity contribution in [1.29, 1.82) is 0 Å². The van der Waals surface area contributed by atoms with Crippen molar-refractivity contribution in [2.45, 2.75) is 17.2 Å². The number of methoxy groups -OCH3 is 1. The lowest BCUT2D eigenvalue weighted by Crippen LogP contribution is -2.24. The van der Waals surface area contributed by atoms with Gasteiger partial charge in [0.25, 0.3) is 10.0 Å². The molecule has 0 aliphatic carbocycles. The Morgan fingerprint density at radius 2 is 1.68 bits per heavy atom. The van der Waals surface area contributed by atoms with E-state index in [-0.39, 0.29) is 16.5 Å². The Morgan fingerprint density at radius 3 is 2.29 bits per heavy atom. The van der Waals surface area contributed by atoms with Crippen molar-refractivity contribution < 1.29 is 17.9 Å². The van der Waals surface area contributed by atoms with Gasteiger partial charge in [-0.3, -0.25) is 9.52 Å². The van der Waals surface area contributed by atoms with E-state index in [1.165, 1.54) is 0 Å². The zero-order valence-electron chi connectivity index (χ0n) is 15.2. The van der Waals surface area contributed by atoms with Crippen molar-refractivity contribution in [3.05, 3.63) is 77.2 Å². The molecule has 0 radical (unpaired) electrons. The highest BCUT2D eigenvalue weighted by atomic mass is 32.2. The van der Waals surface area contributed by atoms with E-state index in [1.807, 2.05) is 24.3 Å². The lowest BCUT2D eigenvalue weighted by molar-refractivity contribution is -0.120. The largest absolute Gasteiger partial charge is 0.497 e. The molecule has 0 spiro atoms. The smallest absolute Gasteiger partial charge is 0.271 e. The SMILES string of the molecule is COc1ccc(CNC(=O)Cc2ccc(NS(=O)(=O)c3cccs3)cc2)cc1. The number of anilines is 1. The van der Waals surface area contributed by atoms with Crippen molar-refractivity contribution in [1.82, 2.24) is 5.32 Å². The fourth-order valence-electron chi connectivity index (χ4n) is 2.50. The van der Waals surface area contributed by atoms with E-state index >= 15 is 0 Å². The molecule has 3 rings (SSSR count). The summed E-state index contributed by atoms with van der Waals surface area (Å²) in [7, 11) is -1.96. The average Bonchev–Trinajstić information content (AvgIpc) is 3.24. The minimum atomic E-state index is -3.57. The lowest BCUT2D eigenvalue weighted by Gasteiger charge is -2.08. The van der Waals surface area contributed by atoms with Crippen LogP contribution < -0.4 is 14.8 Å². The third-order valence-electron chi connectivity index (χ3n) is 3.98. The van der Waals surface area contributed by atoms with Crippen molar-refractivity contribution >= 4 is 33.0 Å². The summed E-state index contributed by atoms with van der Waals surface area (Å²) in [5.41, 5.74) is 2.23. The van der Waals surface area contributed by atoms with Crippen LogP contribution in [0.5, 0.6) is 5.75 Å². The molecular weight excluding hydrogens is 396 g/mol. The molecule has 2 aromatic carbocycles. The fraction of sp³-hybridized carbons (Fsp3) is 0.150. The lowest BCUT2D eigenvalue weighted by atomic mass is 10.1. The number of hydrogen-bond acceptors (Lipinski definition) is 5. The second-order valence-corrected chi connectivity index (χ2v) is 8.89. The van der Waals surface area contributed by atoms with Gasteiger partial charge >= 0.3 is 0 Å². The maximum atomic E-state index is 12.2. The molecule has 0 fully saturated rings. The summed E-state index contributed by atoms with van der Waals surface area (Å²) in [5.74, 6) is 0.660. The monoisotopic (exact) mass is 416 g/mol. The molecule has 146 valence electrons. The van der Waals surface area contributed by atoms with E-state index in [0.717, 1.165) is 28.2 Å². The normalized spacial score (nSPS) is 11.0. The van der Waals surface area contributed by atoms with Crippen molar-refractivity contribution in [2.24, 2.45) is 0 Å². The minimum absolute atomic E-state index is 0.109. The number of thiophene rings is 1. The standard InChI is InChI=1S/C20H20N2O4S2/c1-26-18-10-6-16(7-11-18)14-21-19(23)13-15-4-8-17(9-5-15)22-28(24,25)20-3-2-12-27-20/h2-12,22H,13-14H2,1H3,(H,21,23). The Labute approximate surface area is 168 Å². The van der Waals surface area contributed by atoms with Crippen LogP contribution in [0.3, 0.4) is 0 Å². The van der Waals surface area contributed by atoms with Gasteiger partial charge in [-0.1, -0.05) is 30.3 Å². The van der Waals surface area contributed by atoms with Gasteiger partial charge in [0, 0.05) is 12.2 Å². The van der Waals surface area contributed by atoms with Crippen LogP contribution in [0.4, 0.5) is 5.69 Å². The molecule has 2 N–H and O–H groups in total. The molecule has 0 aliphatic rings. The maximum Gasteiger partial charge on any atom is 0.271 e. The minimum Gasteiger partial charge on any atom is -0.497 e. The summed E-state index contributed by atoms with van der Waals surface area (Å²) in [6, 6.07) is 17.5. The second kappa shape index (κ2) is 8.90. The number of rotatable bonds is 8. The van der Waals surface area contributed by atoms with Crippen molar-refractivity contribution in [3.63, 3.8) is 0 Å². The topological polar surface area (TPSA) is 84.5 Å². The average molecular weight is 417 g/mol. The van der Waals surface area contributed by atoms with Crippen LogP contribution in [0.25, 0.3) is 0 Å². The quantitative estimate of drug-likeness (QED) is 0.589. The first-order valence-electron chi connectivity index (χ1n) is 8.51. The van der Waals surface area contributed by atoms with Gasteiger partial charge in [0.15, 0.2) is 0 Å². The van der Waals surface area contributed by atoms with Gasteiger partial charge < -0.3 is 10.1 Å². The maximum absolute atomic E-state index is 12.2. The van der Waals surface area contributed by atoms with E-state index < -0.39 is 10.0 Å². The summed E-state index contributed by atoms with van der Waals surface area (Å²) >= 11 is 1.16. The molecule has 28 heavy (non-hydrogen) atoms. The molecule has 0 saturated carbocycles. The molecule has 0 aliphatic heterocycles. The summed E-state index contributed by atoms with van der Waals surface area (Å²) in [6.45, 7) is 0.432. The van der Waals surface area contributed by atoms with E-state index in [1.54, 1.807) is 48.9 Å². The summed E-state index contributed by atoms with van der Waals surface area (Å²) < 4.78 is 32.3. The van der Waals surface area contributed by atoms with E-state index in [2.05, 4.69) is 10.0 Å². The first-order chi connectivity index (χ1) is 13.5. The molecule has 0 unspecified atom stereocenters. The van der Waals surface area contributed by atoms with Crippen LogP contribution in [-0.2, 0) is 27.8 Å². The molecule has 0 bridgehead atoms. The molecule has 8 heteroatoms. The van der Waals surface area contributed by atoms with Gasteiger partial charge in [0.2, 0.25) is 5.91 Å². The predicted octanol–water partition coefficient (Wildman–Crippen LogP) is 3.42. The van der Waals surface area contributed by atoms with Crippen molar-refractivity contribution in [3.8, 4) is 5.75 Å². The number of hydrogen-bond donors (Lipinski definition) is 2. The van der Waals surface area contributed by atoms with Crippen LogP contribution in [0.15, 0.2) is 70.3 Å². The predicted molar refractivity (Wildman–Crippen MR) is 110 cm³/mol. The van der Waals surface area contributed by atoms with E-state index in [9.17, 15) is 13.2 Å². The Kier molecular flexibility index (Phi) is 6.33. The van der Waals surface area contributed by atoms with E-state index in [4.69, 9.17) is 4.74 Å². The molecule has 1 aromatic heterocycles. The van der Waals surface area contributed by atoms with Gasteiger partial charge in [0.1, 0.15) is 9.96 Å². The zero-order valence-corrected chi connectivity index (χ0v) is 16.8. The second-order valence-electron chi connectivity index (χ2n) is 6.04. The number of amides is 1. The summed E-state index contributed by atoms with van der Waals surface area (Å²) in [6.07, 6.45) is 0.216. The van der Waals surface area contributed by atoms with Crippen LogP contribution >= 0.6 is 11.3 Å². The Bertz CT molecular complexity index is 1010. The van der Waals surface area contributed by atoms with E-state index in [0.29, 0.717) is 12.2 Å². The molecular formula is C20H20N2O4S2. The molecule has 3 aromatic rings. The highest BCUT2D eigenvalue weighted by molar-refractivity contribution is 7.94. The Hall–Kier alpha value is -2.84. The Morgan fingerprint density at radius 1 is 1.00 bits per heavy atom. The van der Waals surface area contributed by atoms with Gasteiger partial charge in [-0.15, -0.1) is 11.3 Å².